The molecular weight excluding hydrogens is 315 g/mol. The van der Waals surface area contributed by atoms with Gasteiger partial charge in [-0.05, 0) is 18.7 Å². The molecule has 1 aliphatic heterocycles. The van der Waals surface area contributed by atoms with E-state index in [1.54, 1.807) is 0 Å². The summed E-state index contributed by atoms with van der Waals surface area (Å²) in [5, 5.41) is 0. The van der Waals surface area contributed by atoms with Crippen molar-refractivity contribution in [2.75, 3.05) is 13.1 Å². The molecule has 1 aromatic rings. The normalized spacial score (nSPS) is 17.8. The summed E-state index contributed by atoms with van der Waals surface area (Å²) < 4.78 is 0. The molecular formula is C13H18BrNZn. The van der Waals surface area contributed by atoms with Crippen LogP contribution in [0, 0.1) is 12.8 Å². The molecule has 16 heavy (non-hydrogen) atoms. The Morgan fingerprint density at radius 1 is 1.19 bits per heavy atom. The van der Waals surface area contributed by atoms with Gasteiger partial charge >= 0.3 is 30.0 Å². The van der Waals surface area contributed by atoms with E-state index < -0.39 is 0 Å². The molecule has 1 aliphatic rings. The Balaban J connectivity index is 0.000000606. The number of likely N-dealkylation sites (tertiary alicyclic amines) is 1. The van der Waals surface area contributed by atoms with E-state index in [2.05, 4.69) is 55.8 Å². The van der Waals surface area contributed by atoms with Crippen molar-refractivity contribution in [3.8, 4) is 0 Å². The van der Waals surface area contributed by atoms with Crippen LogP contribution in [0.5, 0.6) is 0 Å². The number of piperidine rings is 1. The van der Waals surface area contributed by atoms with E-state index in [1.165, 1.54) is 47.8 Å². The second-order valence-corrected chi connectivity index (χ2v) is 4.21. The van der Waals surface area contributed by atoms with Crippen molar-refractivity contribution in [2.45, 2.75) is 19.4 Å². The van der Waals surface area contributed by atoms with E-state index in [9.17, 15) is 0 Å². The molecule has 3 heteroatoms. The number of nitrogens with zero attached hydrogens (tertiary/aromatic N) is 1. The van der Waals surface area contributed by atoms with E-state index in [4.69, 9.17) is 0 Å². The van der Waals surface area contributed by atoms with Gasteiger partial charge in [0.05, 0.1) is 0 Å². The zero-order valence-electron chi connectivity index (χ0n) is 9.74. The van der Waals surface area contributed by atoms with Gasteiger partial charge in [-0.1, -0.05) is 43.2 Å². The molecule has 0 saturated carbocycles. The summed E-state index contributed by atoms with van der Waals surface area (Å²) in [6.45, 7) is 7.64. The van der Waals surface area contributed by atoms with Gasteiger partial charge in [-0.25, -0.2) is 0 Å². The molecule has 1 nitrogen and oxygen atoms in total. The average Bonchev–Trinajstić information content (AvgIpc) is 2.36. The number of benzene rings is 1. The fraction of sp³-hybridized carbons (Fsp3) is 0.462. The summed E-state index contributed by atoms with van der Waals surface area (Å²) in [4.78, 5) is 2.52. The van der Waals surface area contributed by atoms with Gasteiger partial charge in [-0.15, -0.1) is 0 Å². The summed E-state index contributed by atoms with van der Waals surface area (Å²) >= 11 is 4.25. The van der Waals surface area contributed by atoms with Crippen LogP contribution < -0.4 is 0 Å². The van der Waals surface area contributed by atoms with Crippen molar-refractivity contribution in [1.82, 2.24) is 4.90 Å². The molecule has 1 fully saturated rings. The molecule has 2 rings (SSSR count). The fourth-order valence-electron chi connectivity index (χ4n) is 1.99. The molecule has 0 bridgehead atoms. The summed E-state index contributed by atoms with van der Waals surface area (Å²) in [7, 11) is 0. The van der Waals surface area contributed by atoms with E-state index >= 15 is 0 Å². The zero-order valence-corrected chi connectivity index (χ0v) is 14.3. The molecule has 0 amide bonds. The van der Waals surface area contributed by atoms with Crippen LogP contribution in [-0.2, 0) is 22.9 Å². The van der Waals surface area contributed by atoms with Gasteiger partial charge < -0.3 is 6.92 Å². The topological polar surface area (TPSA) is 3.24 Å². The zero-order chi connectivity index (χ0) is 11.8. The molecule has 1 saturated heterocycles. The van der Waals surface area contributed by atoms with Gasteiger partial charge in [-0.3, -0.25) is 4.90 Å². The number of hydrogen-bond donors (Lipinski definition) is 0. The quantitative estimate of drug-likeness (QED) is 0.591. The Morgan fingerprint density at radius 2 is 1.75 bits per heavy atom. The first-order chi connectivity index (χ1) is 7.84. The van der Waals surface area contributed by atoms with Crippen molar-refractivity contribution in [1.29, 1.82) is 0 Å². The second-order valence-electron chi connectivity index (χ2n) is 4.21. The molecule has 0 atom stereocenters. The van der Waals surface area contributed by atoms with Crippen LogP contribution in [0.1, 0.15) is 18.4 Å². The van der Waals surface area contributed by atoms with Gasteiger partial charge in [0.1, 0.15) is 0 Å². The molecule has 0 aromatic heterocycles. The van der Waals surface area contributed by atoms with Crippen LogP contribution in [-0.4, -0.2) is 18.0 Å². The van der Waals surface area contributed by atoms with Crippen LogP contribution >= 0.6 is 13.6 Å². The van der Waals surface area contributed by atoms with Crippen LogP contribution in [0.25, 0.3) is 0 Å². The standard InChI is InChI=1S/C13H18N.BrH.Zn/c1-12-7-9-14(10-8-12)11-13-5-3-2-4-6-13;;/h2-6,12H,1,7-11H2;1H;/q-1;;+2/p-1. The molecule has 0 N–H and O–H groups in total. The Bertz CT molecular complexity index is 271. The number of rotatable bonds is 2. The molecule has 0 aliphatic carbocycles. The van der Waals surface area contributed by atoms with Crippen LogP contribution in [0.4, 0.5) is 0 Å². The van der Waals surface area contributed by atoms with Gasteiger partial charge in [0, 0.05) is 6.54 Å². The minimum atomic E-state index is 0.682. The number of hydrogen-bond acceptors (Lipinski definition) is 1. The third kappa shape index (κ3) is 5.08. The molecule has 84 valence electrons. The summed E-state index contributed by atoms with van der Waals surface area (Å²) in [5.74, 6) is 0.682. The van der Waals surface area contributed by atoms with Crippen LogP contribution in [0.15, 0.2) is 30.3 Å². The van der Waals surface area contributed by atoms with Crippen LogP contribution in [0.3, 0.4) is 0 Å². The van der Waals surface area contributed by atoms with Crippen molar-refractivity contribution in [3.63, 3.8) is 0 Å². The van der Waals surface area contributed by atoms with Crippen molar-refractivity contribution in [2.24, 2.45) is 5.92 Å². The third-order valence-electron chi connectivity index (χ3n) is 2.96. The van der Waals surface area contributed by atoms with E-state index in [1.807, 2.05) is 0 Å². The molecule has 0 spiro atoms. The SMILES string of the molecule is [CH2-]C1CCN(Cc2ccccc2)CC1.[Zn+][Br]. The Kier molecular flexibility index (Phi) is 7.52. The van der Waals surface area contributed by atoms with E-state index in [0.717, 1.165) is 6.54 Å². The first-order valence-corrected chi connectivity index (χ1v) is 12.7. The van der Waals surface area contributed by atoms with E-state index in [0.29, 0.717) is 5.92 Å². The monoisotopic (exact) mass is 331 g/mol. The third-order valence-corrected chi connectivity index (χ3v) is 2.96. The van der Waals surface area contributed by atoms with Crippen molar-refractivity contribution >= 4 is 13.6 Å². The van der Waals surface area contributed by atoms with E-state index in [-0.39, 0.29) is 0 Å². The predicted molar refractivity (Wildman–Crippen MR) is 68.7 cm³/mol. The second kappa shape index (κ2) is 8.39. The van der Waals surface area contributed by atoms with Crippen molar-refractivity contribution in [3.05, 3.63) is 42.8 Å². The first kappa shape index (κ1) is 14.3. The first-order valence-electron chi connectivity index (χ1n) is 5.70. The maximum absolute atomic E-state index is 4.11. The molecule has 0 unspecified atom stereocenters. The Morgan fingerprint density at radius 3 is 2.31 bits per heavy atom. The summed E-state index contributed by atoms with van der Waals surface area (Å²) in [6, 6.07) is 10.7. The summed E-state index contributed by atoms with van der Waals surface area (Å²) in [6.07, 6.45) is 2.51. The van der Waals surface area contributed by atoms with Gasteiger partial charge in [0.2, 0.25) is 0 Å². The predicted octanol–water partition coefficient (Wildman–Crippen LogP) is 3.58. The number of halogens is 1. The molecule has 0 radical (unpaired) electrons. The average molecular weight is 334 g/mol. The van der Waals surface area contributed by atoms with Gasteiger partial charge in [-0.2, -0.15) is 5.92 Å². The molecule has 1 heterocycles. The van der Waals surface area contributed by atoms with Gasteiger partial charge in [0.25, 0.3) is 0 Å². The maximum atomic E-state index is 4.11. The molecule has 1 aromatic carbocycles. The minimum absolute atomic E-state index is 0.682. The van der Waals surface area contributed by atoms with Gasteiger partial charge in [0.15, 0.2) is 0 Å². The summed E-state index contributed by atoms with van der Waals surface area (Å²) in [5.41, 5.74) is 1.43. The van der Waals surface area contributed by atoms with Crippen LogP contribution in [0.2, 0.25) is 0 Å². The Hall–Kier alpha value is 0.283. The fourth-order valence-corrected chi connectivity index (χ4v) is 1.99. The Labute approximate surface area is 116 Å². The van der Waals surface area contributed by atoms with Crippen molar-refractivity contribution < 1.29 is 16.3 Å².